The summed E-state index contributed by atoms with van der Waals surface area (Å²) in [6.45, 7) is 2.70. The van der Waals surface area contributed by atoms with Crippen LogP contribution < -0.4 is 5.32 Å². The molecule has 3 aromatic rings. The summed E-state index contributed by atoms with van der Waals surface area (Å²) >= 11 is 5.81. The number of hydrogen-bond acceptors (Lipinski definition) is 7. The van der Waals surface area contributed by atoms with Crippen LogP contribution in [0.1, 0.15) is 50.5 Å². The zero-order valence-corrected chi connectivity index (χ0v) is 19.4. The number of nitro benzene ring substituents is 1. The molecule has 1 N–H and O–H groups in total. The molecule has 10 heteroatoms. The molecule has 178 valence electrons. The molecule has 0 saturated heterocycles. The summed E-state index contributed by atoms with van der Waals surface area (Å²) in [5.41, 5.74) is -0.121. The average Bonchev–Trinajstić information content (AvgIpc) is 2.83. The Balaban J connectivity index is 1.81. The number of nitrogens with one attached hydrogen (secondary N) is 1. The Kier molecular flexibility index (Phi) is 7.73. The van der Waals surface area contributed by atoms with Crippen LogP contribution in [0.25, 0.3) is 0 Å². The van der Waals surface area contributed by atoms with Crippen LogP contribution in [0.5, 0.6) is 0 Å². The molecule has 1 unspecified atom stereocenters. The smallest absolute Gasteiger partial charge is 0.339 e. The molecule has 0 bridgehead atoms. The minimum atomic E-state index is -1.26. The van der Waals surface area contributed by atoms with E-state index in [1.54, 1.807) is 24.3 Å². The number of nitrogens with zero attached hydrogens (tertiary/aromatic N) is 1. The first-order chi connectivity index (χ1) is 16.6. The standard InChI is InChI=1S/C25H19ClN2O7/c1-14(29)17-7-5-6-10-21(17)27-24(31)15(2)35-25(32)19-9-4-3-8-18(19)23(30)16-11-12-20(26)22(13-16)28(33)34/h3-13,15H,1-2H3,(H,27,31). The maximum atomic E-state index is 13.0. The average molecular weight is 495 g/mol. The second-order valence-corrected chi connectivity index (χ2v) is 7.84. The largest absolute Gasteiger partial charge is 0.449 e. The minimum absolute atomic E-state index is 0.0482. The van der Waals surface area contributed by atoms with Gasteiger partial charge in [-0.25, -0.2) is 4.79 Å². The molecule has 0 saturated carbocycles. The molecule has 1 atom stereocenters. The first kappa shape index (κ1) is 25.3. The lowest BCUT2D eigenvalue weighted by Gasteiger charge is -2.16. The minimum Gasteiger partial charge on any atom is -0.449 e. The van der Waals surface area contributed by atoms with Crippen molar-refractivity contribution >= 4 is 46.4 Å². The van der Waals surface area contributed by atoms with Crippen molar-refractivity contribution in [2.24, 2.45) is 0 Å². The molecule has 0 radical (unpaired) electrons. The lowest BCUT2D eigenvalue weighted by molar-refractivity contribution is -0.384. The second kappa shape index (κ2) is 10.7. The molecule has 1 amide bonds. The molecule has 3 rings (SSSR count). The highest BCUT2D eigenvalue weighted by Gasteiger charge is 2.25. The van der Waals surface area contributed by atoms with Crippen molar-refractivity contribution < 1.29 is 28.8 Å². The van der Waals surface area contributed by atoms with Gasteiger partial charge in [-0.3, -0.25) is 24.5 Å². The van der Waals surface area contributed by atoms with Gasteiger partial charge in [0.25, 0.3) is 11.6 Å². The highest BCUT2D eigenvalue weighted by atomic mass is 35.5. The summed E-state index contributed by atoms with van der Waals surface area (Å²) in [7, 11) is 0. The van der Waals surface area contributed by atoms with Crippen molar-refractivity contribution in [2.45, 2.75) is 20.0 Å². The van der Waals surface area contributed by atoms with Gasteiger partial charge in [-0.1, -0.05) is 41.9 Å². The zero-order chi connectivity index (χ0) is 25.7. The van der Waals surface area contributed by atoms with Gasteiger partial charge < -0.3 is 10.1 Å². The number of Topliss-reactive ketones (excluding diaryl/α,β-unsaturated/α-hetero) is 1. The van der Waals surface area contributed by atoms with Crippen molar-refractivity contribution in [1.82, 2.24) is 0 Å². The summed E-state index contributed by atoms with van der Waals surface area (Å²) in [5, 5.41) is 13.6. The Hall–Kier alpha value is -4.37. The van der Waals surface area contributed by atoms with Gasteiger partial charge in [0.05, 0.1) is 16.2 Å². The third kappa shape index (κ3) is 5.77. The van der Waals surface area contributed by atoms with E-state index >= 15 is 0 Å². The predicted molar refractivity (Wildman–Crippen MR) is 128 cm³/mol. The monoisotopic (exact) mass is 494 g/mol. The summed E-state index contributed by atoms with van der Waals surface area (Å²) in [4.78, 5) is 60.7. The highest BCUT2D eigenvalue weighted by molar-refractivity contribution is 6.33. The van der Waals surface area contributed by atoms with E-state index in [2.05, 4.69) is 5.32 Å². The van der Waals surface area contributed by atoms with Crippen LogP contribution in [0.4, 0.5) is 11.4 Å². The quantitative estimate of drug-likeness (QED) is 0.204. The van der Waals surface area contributed by atoms with E-state index in [1.807, 2.05) is 0 Å². The Labute approximate surface area is 204 Å². The summed E-state index contributed by atoms with van der Waals surface area (Å²) in [5.74, 6) is -2.53. The van der Waals surface area contributed by atoms with Crippen LogP contribution in [0.3, 0.4) is 0 Å². The lowest BCUT2D eigenvalue weighted by Crippen LogP contribution is -2.31. The van der Waals surface area contributed by atoms with Gasteiger partial charge in [-0.15, -0.1) is 0 Å². The van der Waals surface area contributed by atoms with Gasteiger partial charge in [0, 0.05) is 22.8 Å². The fraction of sp³-hybridized carbons (Fsp3) is 0.120. The Bertz CT molecular complexity index is 1350. The van der Waals surface area contributed by atoms with Gasteiger partial charge in [0.1, 0.15) is 5.02 Å². The fourth-order valence-corrected chi connectivity index (χ4v) is 3.41. The molecule has 0 spiro atoms. The number of carbonyl (C=O) groups is 4. The number of ether oxygens (including phenoxy) is 1. The van der Waals surface area contributed by atoms with Gasteiger partial charge in [-0.2, -0.15) is 0 Å². The first-order valence-electron chi connectivity index (χ1n) is 10.3. The number of benzene rings is 3. The van der Waals surface area contributed by atoms with E-state index in [0.29, 0.717) is 5.56 Å². The fourth-order valence-electron chi connectivity index (χ4n) is 3.22. The number of amides is 1. The number of para-hydroxylation sites is 1. The van der Waals surface area contributed by atoms with E-state index in [9.17, 15) is 29.3 Å². The maximum absolute atomic E-state index is 13.0. The number of hydrogen-bond donors (Lipinski definition) is 1. The van der Waals surface area contributed by atoms with Crippen LogP contribution in [0, 0.1) is 10.1 Å². The van der Waals surface area contributed by atoms with E-state index in [0.717, 1.165) is 6.07 Å². The Morgan fingerprint density at radius 3 is 2.17 bits per heavy atom. The molecule has 0 aliphatic carbocycles. The van der Waals surface area contributed by atoms with Crippen LogP contribution >= 0.6 is 11.6 Å². The third-order valence-electron chi connectivity index (χ3n) is 5.01. The van der Waals surface area contributed by atoms with Gasteiger partial charge in [0.2, 0.25) is 0 Å². The molecule has 3 aromatic carbocycles. The molecule has 0 aromatic heterocycles. The van der Waals surface area contributed by atoms with Gasteiger partial charge in [0.15, 0.2) is 17.7 Å². The number of esters is 1. The van der Waals surface area contributed by atoms with E-state index in [-0.39, 0.29) is 33.2 Å². The van der Waals surface area contributed by atoms with E-state index in [4.69, 9.17) is 16.3 Å². The topological polar surface area (TPSA) is 133 Å². The molecule has 0 aliphatic heterocycles. The van der Waals surface area contributed by atoms with Crippen molar-refractivity contribution in [2.75, 3.05) is 5.32 Å². The predicted octanol–water partition coefficient (Wildman–Crippen LogP) is 4.87. The van der Waals surface area contributed by atoms with Crippen LogP contribution in [-0.2, 0) is 9.53 Å². The number of anilines is 1. The van der Waals surface area contributed by atoms with Crippen LogP contribution in [0.2, 0.25) is 5.02 Å². The molecule has 0 fully saturated rings. The van der Waals surface area contributed by atoms with Crippen LogP contribution in [0.15, 0.2) is 66.7 Å². The lowest BCUT2D eigenvalue weighted by atomic mass is 9.98. The van der Waals surface area contributed by atoms with E-state index in [1.165, 1.54) is 50.2 Å². The van der Waals surface area contributed by atoms with Gasteiger partial charge >= 0.3 is 5.97 Å². The molecule has 0 heterocycles. The van der Waals surface area contributed by atoms with Crippen molar-refractivity contribution in [3.8, 4) is 0 Å². The number of carbonyl (C=O) groups excluding carboxylic acids is 4. The normalized spacial score (nSPS) is 11.3. The maximum Gasteiger partial charge on any atom is 0.339 e. The summed E-state index contributed by atoms with van der Waals surface area (Å²) in [6, 6.07) is 15.7. The summed E-state index contributed by atoms with van der Waals surface area (Å²) < 4.78 is 5.26. The van der Waals surface area contributed by atoms with Crippen molar-refractivity contribution in [3.63, 3.8) is 0 Å². The first-order valence-corrected chi connectivity index (χ1v) is 10.7. The molecule has 9 nitrogen and oxygen atoms in total. The third-order valence-corrected chi connectivity index (χ3v) is 5.33. The van der Waals surface area contributed by atoms with Crippen LogP contribution in [-0.4, -0.2) is 34.5 Å². The van der Waals surface area contributed by atoms with E-state index < -0.39 is 34.4 Å². The highest BCUT2D eigenvalue weighted by Crippen LogP contribution is 2.27. The Morgan fingerprint density at radius 1 is 0.943 bits per heavy atom. The van der Waals surface area contributed by atoms with Crippen molar-refractivity contribution in [1.29, 1.82) is 0 Å². The molecule has 0 aliphatic rings. The number of rotatable bonds is 8. The Morgan fingerprint density at radius 2 is 1.54 bits per heavy atom. The zero-order valence-electron chi connectivity index (χ0n) is 18.6. The number of nitro groups is 1. The number of ketones is 2. The second-order valence-electron chi connectivity index (χ2n) is 7.44. The molecular weight excluding hydrogens is 476 g/mol. The SMILES string of the molecule is CC(=O)c1ccccc1NC(=O)C(C)OC(=O)c1ccccc1C(=O)c1ccc(Cl)c([N+](=O)[O-])c1. The number of halogens is 1. The van der Waals surface area contributed by atoms with Gasteiger partial charge in [-0.05, 0) is 44.2 Å². The van der Waals surface area contributed by atoms with Crippen molar-refractivity contribution in [3.05, 3.63) is 104 Å². The molecular formula is C25H19ClN2O7. The molecule has 35 heavy (non-hydrogen) atoms. The summed E-state index contributed by atoms with van der Waals surface area (Å²) in [6.07, 6.45) is -1.26.